The van der Waals surface area contributed by atoms with Gasteiger partial charge in [0, 0.05) is 31.6 Å². The number of benzene rings is 1. The van der Waals surface area contributed by atoms with Gasteiger partial charge >= 0.3 is 6.09 Å². The van der Waals surface area contributed by atoms with E-state index >= 15 is 0 Å². The van der Waals surface area contributed by atoms with Crippen LogP contribution in [0.25, 0.3) is 0 Å². The first-order valence-electron chi connectivity index (χ1n) is 7.71. The number of hydrogen-bond acceptors (Lipinski definition) is 6. The van der Waals surface area contributed by atoms with Crippen LogP contribution in [0.5, 0.6) is 0 Å². The lowest BCUT2D eigenvalue weighted by atomic mass is 9.89. The van der Waals surface area contributed by atoms with Crippen LogP contribution in [0.15, 0.2) is 29.3 Å². The smallest absolute Gasteiger partial charge is 0.406 e. The molecule has 1 unspecified atom stereocenters. The van der Waals surface area contributed by atoms with E-state index in [2.05, 4.69) is 19.9 Å². The van der Waals surface area contributed by atoms with Crippen molar-refractivity contribution in [3.63, 3.8) is 0 Å². The van der Waals surface area contributed by atoms with Crippen LogP contribution in [0, 0.1) is 0 Å². The number of aliphatic hydroxyl groups is 1. The molecule has 1 amide bonds. The summed E-state index contributed by atoms with van der Waals surface area (Å²) in [5.74, 6) is 0.633. The Kier molecular flexibility index (Phi) is 4.49. The van der Waals surface area contributed by atoms with E-state index in [1.807, 2.05) is 24.3 Å². The van der Waals surface area contributed by atoms with E-state index in [0.717, 1.165) is 11.3 Å². The standard InChI is InChI=1S/C16H21N3O4/c1-22-15(20)17-7-6-16(21)12-4-2-3-5-13(12)18-14(16)19-8-10-23-11-9-19/h2-5,21H,6-11H2,1H3,(H,17,20). The zero-order valence-electron chi connectivity index (χ0n) is 13.1. The highest BCUT2D eigenvalue weighted by molar-refractivity contribution is 5.98. The fourth-order valence-corrected chi connectivity index (χ4v) is 3.02. The van der Waals surface area contributed by atoms with Gasteiger partial charge in [0.05, 0.1) is 26.0 Å². The first-order chi connectivity index (χ1) is 11.1. The number of alkyl carbamates (subject to hydrolysis) is 1. The van der Waals surface area contributed by atoms with Gasteiger partial charge in [-0.2, -0.15) is 0 Å². The zero-order chi connectivity index (χ0) is 16.3. The second kappa shape index (κ2) is 6.55. The molecule has 1 fully saturated rings. The molecule has 2 N–H and O–H groups in total. The molecule has 0 aliphatic carbocycles. The van der Waals surface area contributed by atoms with Crippen LogP contribution in [-0.2, 0) is 15.1 Å². The van der Waals surface area contributed by atoms with Crippen molar-refractivity contribution in [3.05, 3.63) is 29.8 Å². The van der Waals surface area contributed by atoms with Crippen molar-refractivity contribution in [2.75, 3.05) is 40.0 Å². The lowest BCUT2D eigenvalue weighted by Gasteiger charge is -2.36. The molecule has 0 saturated carbocycles. The molecule has 124 valence electrons. The molecule has 1 atom stereocenters. The van der Waals surface area contributed by atoms with Gasteiger partial charge in [-0.15, -0.1) is 0 Å². The predicted octanol–water partition coefficient (Wildman–Crippen LogP) is 0.996. The number of ether oxygens (including phenoxy) is 2. The number of para-hydroxylation sites is 1. The SMILES string of the molecule is COC(=O)NCCC1(O)C(N2CCOCC2)=Nc2ccccc21. The monoisotopic (exact) mass is 319 g/mol. The number of rotatable bonds is 3. The van der Waals surface area contributed by atoms with Crippen molar-refractivity contribution in [1.82, 2.24) is 10.2 Å². The Morgan fingerprint density at radius 1 is 1.43 bits per heavy atom. The fraction of sp³-hybridized carbons (Fsp3) is 0.500. The normalized spacial score (nSPS) is 23.2. The summed E-state index contributed by atoms with van der Waals surface area (Å²) in [5, 5.41) is 14.0. The van der Waals surface area contributed by atoms with E-state index in [0.29, 0.717) is 45.1 Å². The van der Waals surface area contributed by atoms with Crippen LogP contribution >= 0.6 is 0 Å². The van der Waals surface area contributed by atoms with Gasteiger partial charge in [-0.1, -0.05) is 18.2 Å². The van der Waals surface area contributed by atoms with Crippen LogP contribution in [0.4, 0.5) is 10.5 Å². The van der Waals surface area contributed by atoms with Crippen LogP contribution in [0.1, 0.15) is 12.0 Å². The van der Waals surface area contributed by atoms with Gasteiger partial charge in [-0.05, 0) is 6.07 Å². The Morgan fingerprint density at radius 3 is 2.91 bits per heavy atom. The summed E-state index contributed by atoms with van der Waals surface area (Å²) in [5.41, 5.74) is 0.331. The Bertz CT molecular complexity index is 613. The minimum atomic E-state index is -1.21. The number of amides is 1. The molecule has 7 nitrogen and oxygen atoms in total. The van der Waals surface area contributed by atoms with Gasteiger partial charge in [-0.3, -0.25) is 0 Å². The number of nitrogens with zero attached hydrogens (tertiary/aromatic N) is 2. The molecule has 2 aliphatic rings. The minimum Gasteiger partial charge on any atom is -0.453 e. The maximum atomic E-state index is 11.3. The van der Waals surface area contributed by atoms with Gasteiger partial charge in [0.2, 0.25) is 0 Å². The Balaban J connectivity index is 1.83. The largest absolute Gasteiger partial charge is 0.453 e. The number of hydrogen-bond donors (Lipinski definition) is 2. The highest BCUT2D eigenvalue weighted by Gasteiger charge is 2.44. The number of morpholine rings is 1. The van der Waals surface area contributed by atoms with Crippen molar-refractivity contribution in [1.29, 1.82) is 0 Å². The Labute approximate surface area is 134 Å². The molecule has 23 heavy (non-hydrogen) atoms. The predicted molar refractivity (Wildman–Crippen MR) is 84.9 cm³/mol. The lowest BCUT2D eigenvalue weighted by molar-refractivity contribution is 0.0447. The molecule has 3 rings (SSSR count). The van der Waals surface area contributed by atoms with Crippen molar-refractivity contribution in [2.45, 2.75) is 12.0 Å². The van der Waals surface area contributed by atoms with E-state index in [1.165, 1.54) is 7.11 Å². The topological polar surface area (TPSA) is 83.4 Å². The number of aliphatic imine (C=N–C) groups is 1. The molecule has 0 radical (unpaired) electrons. The Morgan fingerprint density at radius 2 is 2.17 bits per heavy atom. The summed E-state index contributed by atoms with van der Waals surface area (Å²) < 4.78 is 9.95. The summed E-state index contributed by atoms with van der Waals surface area (Å²) in [4.78, 5) is 17.9. The van der Waals surface area contributed by atoms with E-state index < -0.39 is 11.7 Å². The van der Waals surface area contributed by atoms with E-state index in [9.17, 15) is 9.90 Å². The quantitative estimate of drug-likeness (QED) is 0.868. The first-order valence-corrected chi connectivity index (χ1v) is 7.71. The molecule has 1 saturated heterocycles. The molecule has 0 spiro atoms. The second-order valence-electron chi connectivity index (χ2n) is 5.58. The van der Waals surface area contributed by atoms with Gasteiger partial charge in [0.15, 0.2) is 5.60 Å². The first kappa shape index (κ1) is 15.8. The van der Waals surface area contributed by atoms with Crippen LogP contribution in [0.3, 0.4) is 0 Å². The molecule has 1 aromatic rings. The van der Waals surface area contributed by atoms with Crippen LogP contribution < -0.4 is 5.32 Å². The Hall–Kier alpha value is -2.12. The molecule has 2 aliphatic heterocycles. The van der Waals surface area contributed by atoms with Crippen LogP contribution in [-0.4, -0.2) is 61.9 Å². The summed E-state index contributed by atoms with van der Waals surface area (Å²) in [6.07, 6.45) is -0.181. The summed E-state index contributed by atoms with van der Waals surface area (Å²) >= 11 is 0. The molecule has 7 heteroatoms. The number of amidine groups is 1. The van der Waals surface area contributed by atoms with Crippen molar-refractivity contribution >= 4 is 17.6 Å². The second-order valence-corrected chi connectivity index (χ2v) is 5.58. The fourth-order valence-electron chi connectivity index (χ4n) is 3.02. The number of nitrogens with one attached hydrogen (secondary N) is 1. The molecule has 2 heterocycles. The molecular weight excluding hydrogens is 298 g/mol. The lowest BCUT2D eigenvalue weighted by Crippen LogP contribution is -2.50. The maximum absolute atomic E-state index is 11.3. The van der Waals surface area contributed by atoms with Gasteiger partial charge < -0.3 is 24.8 Å². The number of carbonyl (C=O) groups is 1. The molecule has 0 bridgehead atoms. The highest BCUT2D eigenvalue weighted by atomic mass is 16.5. The minimum absolute atomic E-state index is 0.293. The third kappa shape index (κ3) is 3.02. The third-order valence-electron chi connectivity index (χ3n) is 4.20. The van der Waals surface area contributed by atoms with Gasteiger partial charge in [0.1, 0.15) is 5.84 Å². The maximum Gasteiger partial charge on any atom is 0.406 e. The summed E-state index contributed by atoms with van der Waals surface area (Å²) in [6.45, 7) is 2.91. The average Bonchev–Trinajstić information content (AvgIpc) is 2.89. The number of fused-ring (bicyclic) bond motifs is 1. The van der Waals surface area contributed by atoms with Gasteiger partial charge in [0.25, 0.3) is 0 Å². The average molecular weight is 319 g/mol. The summed E-state index contributed by atoms with van der Waals surface area (Å²) in [6, 6.07) is 7.55. The number of carbonyl (C=O) groups excluding carboxylic acids is 1. The van der Waals surface area contributed by atoms with E-state index in [4.69, 9.17) is 4.74 Å². The summed E-state index contributed by atoms with van der Waals surface area (Å²) in [7, 11) is 1.32. The van der Waals surface area contributed by atoms with Crippen molar-refractivity contribution in [2.24, 2.45) is 4.99 Å². The zero-order valence-corrected chi connectivity index (χ0v) is 13.1. The number of methoxy groups -OCH3 is 1. The molecule has 0 aromatic heterocycles. The van der Waals surface area contributed by atoms with Crippen molar-refractivity contribution in [3.8, 4) is 0 Å². The van der Waals surface area contributed by atoms with E-state index in [-0.39, 0.29) is 0 Å². The molecular formula is C16H21N3O4. The van der Waals surface area contributed by atoms with Crippen LogP contribution in [0.2, 0.25) is 0 Å². The third-order valence-corrected chi connectivity index (χ3v) is 4.20. The van der Waals surface area contributed by atoms with E-state index in [1.54, 1.807) is 0 Å². The highest BCUT2D eigenvalue weighted by Crippen LogP contribution is 2.41. The van der Waals surface area contributed by atoms with Crippen molar-refractivity contribution < 1.29 is 19.4 Å². The molecule has 1 aromatic carbocycles. The van der Waals surface area contributed by atoms with Gasteiger partial charge in [-0.25, -0.2) is 9.79 Å².